The van der Waals surface area contributed by atoms with Crippen LogP contribution in [0.5, 0.6) is 0 Å². The zero-order valence-electron chi connectivity index (χ0n) is 12.0. The van der Waals surface area contributed by atoms with Crippen molar-refractivity contribution >= 4 is 16.2 Å². The minimum atomic E-state index is -3.43. The van der Waals surface area contributed by atoms with Crippen LogP contribution in [0.4, 0.5) is 0 Å². The van der Waals surface area contributed by atoms with Crippen LogP contribution in [0.25, 0.3) is 0 Å². The van der Waals surface area contributed by atoms with E-state index in [0.717, 1.165) is 6.42 Å². The number of hydrogen-bond donors (Lipinski definition) is 1. The van der Waals surface area contributed by atoms with E-state index in [1.807, 2.05) is 19.0 Å². The summed E-state index contributed by atoms with van der Waals surface area (Å²) in [6, 6.07) is 0.265. The number of carboxylic acid groups (broad SMARTS) is 1. The van der Waals surface area contributed by atoms with E-state index in [-0.39, 0.29) is 6.04 Å². The number of aliphatic carboxylic acids is 1. The van der Waals surface area contributed by atoms with Crippen LogP contribution in [-0.4, -0.2) is 79.3 Å². The number of nitrogens with zero attached hydrogens (tertiary/aromatic N) is 3. The number of piperidine rings is 1. The van der Waals surface area contributed by atoms with Crippen LogP contribution in [-0.2, 0) is 15.0 Å². The number of hydrogen-bond acceptors (Lipinski definition) is 4. The highest BCUT2D eigenvalue weighted by Crippen LogP contribution is 2.24. The molecule has 0 aromatic heterocycles. The molecular formula is C12H23N3O4S. The van der Waals surface area contributed by atoms with E-state index < -0.39 is 22.1 Å². The van der Waals surface area contributed by atoms with Crippen LogP contribution in [0.15, 0.2) is 0 Å². The van der Waals surface area contributed by atoms with Gasteiger partial charge in [-0.1, -0.05) is 0 Å². The van der Waals surface area contributed by atoms with Gasteiger partial charge in [-0.25, -0.2) is 0 Å². The second-order valence-electron chi connectivity index (χ2n) is 5.78. The minimum absolute atomic E-state index is 0.265. The van der Waals surface area contributed by atoms with E-state index in [9.17, 15) is 13.2 Å². The Morgan fingerprint density at radius 3 is 2.10 bits per heavy atom. The molecule has 0 amide bonds. The van der Waals surface area contributed by atoms with Crippen molar-refractivity contribution in [3.8, 4) is 0 Å². The number of rotatable bonds is 4. The largest absolute Gasteiger partial charge is 0.481 e. The maximum absolute atomic E-state index is 12.5. The van der Waals surface area contributed by atoms with Gasteiger partial charge in [0.25, 0.3) is 10.2 Å². The van der Waals surface area contributed by atoms with Crippen molar-refractivity contribution < 1.29 is 18.3 Å². The highest BCUT2D eigenvalue weighted by atomic mass is 32.2. The summed E-state index contributed by atoms with van der Waals surface area (Å²) < 4.78 is 28.0. The third-order valence-corrected chi connectivity index (χ3v) is 6.31. The Labute approximate surface area is 120 Å². The van der Waals surface area contributed by atoms with E-state index in [1.54, 1.807) is 0 Å². The number of carbonyl (C=O) groups is 1. The Morgan fingerprint density at radius 1 is 1.10 bits per heavy atom. The van der Waals surface area contributed by atoms with Crippen LogP contribution in [0.3, 0.4) is 0 Å². The Hall–Kier alpha value is -0.700. The summed E-state index contributed by atoms with van der Waals surface area (Å²) in [5.41, 5.74) is 0. The molecule has 0 aromatic carbocycles. The van der Waals surface area contributed by atoms with Crippen LogP contribution in [0.1, 0.15) is 19.3 Å². The first-order valence-electron chi connectivity index (χ1n) is 6.97. The molecule has 20 heavy (non-hydrogen) atoms. The highest BCUT2D eigenvalue weighted by Gasteiger charge is 2.38. The smallest absolute Gasteiger partial charge is 0.306 e. The van der Waals surface area contributed by atoms with Crippen LogP contribution in [0, 0.1) is 5.92 Å². The summed E-state index contributed by atoms with van der Waals surface area (Å²) in [5, 5.41) is 8.95. The molecule has 0 bridgehead atoms. The molecule has 1 N–H and O–H groups in total. The van der Waals surface area contributed by atoms with Gasteiger partial charge in [0.15, 0.2) is 0 Å². The standard InChI is InChI=1S/C12H23N3O4S/c1-13(2)11-5-8-15(9-11)20(18,19)14-6-3-10(4-7-14)12(16)17/h10-11H,3-9H2,1-2H3,(H,16,17). The lowest BCUT2D eigenvalue weighted by Gasteiger charge is -2.32. The summed E-state index contributed by atoms with van der Waals surface area (Å²) in [7, 11) is 0.485. The third kappa shape index (κ3) is 3.13. The van der Waals surface area contributed by atoms with Crippen LogP contribution >= 0.6 is 0 Å². The molecule has 0 radical (unpaired) electrons. The van der Waals surface area contributed by atoms with Crippen molar-refractivity contribution in [1.82, 2.24) is 13.5 Å². The summed E-state index contributed by atoms with van der Waals surface area (Å²) in [4.78, 5) is 12.9. The fraction of sp³-hybridized carbons (Fsp3) is 0.917. The molecule has 8 heteroatoms. The van der Waals surface area contributed by atoms with Crippen LogP contribution in [0.2, 0.25) is 0 Å². The summed E-state index contributed by atoms with van der Waals surface area (Å²) >= 11 is 0. The van der Waals surface area contributed by atoms with E-state index >= 15 is 0 Å². The summed E-state index contributed by atoms with van der Waals surface area (Å²) in [6.07, 6.45) is 1.65. The lowest BCUT2D eigenvalue weighted by atomic mass is 9.99. The van der Waals surface area contributed by atoms with Gasteiger partial charge >= 0.3 is 5.97 Å². The van der Waals surface area contributed by atoms with E-state index in [0.29, 0.717) is 39.0 Å². The number of likely N-dealkylation sites (N-methyl/N-ethyl adjacent to an activating group) is 1. The molecule has 2 aliphatic heterocycles. The maximum atomic E-state index is 12.5. The van der Waals surface area contributed by atoms with E-state index in [1.165, 1.54) is 8.61 Å². The fourth-order valence-corrected chi connectivity index (χ4v) is 4.53. The molecule has 0 aromatic rings. The van der Waals surface area contributed by atoms with Gasteiger partial charge in [0.2, 0.25) is 0 Å². The van der Waals surface area contributed by atoms with Crippen molar-refractivity contribution in [1.29, 1.82) is 0 Å². The predicted molar refractivity (Wildman–Crippen MR) is 74.5 cm³/mol. The van der Waals surface area contributed by atoms with Gasteiger partial charge in [-0.05, 0) is 33.4 Å². The Kier molecular flexibility index (Phi) is 4.68. The quantitative estimate of drug-likeness (QED) is 0.769. The van der Waals surface area contributed by atoms with E-state index in [2.05, 4.69) is 0 Å². The van der Waals surface area contributed by atoms with Gasteiger partial charge < -0.3 is 10.0 Å². The second-order valence-corrected chi connectivity index (χ2v) is 7.71. The van der Waals surface area contributed by atoms with Crippen molar-refractivity contribution in [3.63, 3.8) is 0 Å². The first kappa shape index (κ1) is 15.7. The lowest BCUT2D eigenvalue weighted by molar-refractivity contribution is -0.142. The molecule has 1 unspecified atom stereocenters. The predicted octanol–water partition coefficient (Wildman–Crippen LogP) is -0.336. The molecule has 2 heterocycles. The molecule has 116 valence electrons. The molecule has 2 rings (SSSR count). The van der Waals surface area contributed by atoms with Crippen molar-refractivity contribution in [3.05, 3.63) is 0 Å². The van der Waals surface area contributed by atoms with Gasteiger partial charge in [-0.2, -0.15) is 17.0 Å². The maximum Gasteiger partial charge on any atom is 0.306 e. The van der Waals surface area contributed by atoms with Crippen molar-refractivity contribution in [2.45, 2.75) is 25.3 Å². The van der Waals surface area contributed by atoms with E-state index in [4.69, 9.17) is 5.11 Å². The molecule has 0 spiro atoms. The Bertz CT molecular complexity index is 457. The molecule has 0 saturated carbocycles. The van der Waals surface area contributed by atoms with Gasteiger partial charge in [0.1, 0.15) is 0 Å². The molecule has 0 aliphatic carbocycles. The molecule has 2 fully saturated rings. The zero-order chi connectivity index (χ0) is 14.9. The topological polar surface area (TPSA) is 81.2 Å². The van der Waals surface area contributed by atoms with Gasteiger partial charge in [-0.15, -0.1) is 0 Å². The molecule has 2 aliphatic rings. The van der Waals surface area contributed by atoms with Gasteiger partial charge in [0.05, 0.1) is 5.92 Å². The lowest BCUT2D eigenvalue weighted by Crippen LogP contribution is -2.47. The van der Waals surface area contributed by atoms with Crippen molar-refractivity contribution in [2.24, 2.45) is 5.92 Å². The molecular weight excluding hydrogens is 282 g/mol. The van der Waals surface area contributed by atoms with Gasteiger partial charge in [-0.3, -0.25) is 4.79 Å². The fourth-order valence-electron chi connectivity index (χ4n) is 2.84. The highest BCUT2D eigenvalue weighted by molar-refractivity contribution is 7.86. The minimum Gasteiger partial charge on any atom is -0.481 e. The second kappa shape index (κ2) is 5.97. The SMILES string of the molecule is CN(C)C1CCN(S(=O)(=O)N2CCC(C(=O)O)CC2)C1. The average molecular weight is 305 g/mol. The Morgan fingerprint density at radius 2 is 1.65 bits per heavy atom. The average Bonchev–Trinajstić information content (AvgIpc) is 2.89. The zero-order valence-corrected chi connectivity index (χ0v) is 12.8. The molecule has 7 nitrogen and oxygen atoms in total. The number of carboxylic acids is 1. The molecule has 2 saturated heterocycles. The van der Waals surface area contributed by atoms with Crippen LogP contribution < -0.4 is 0 Å². The third-order valence-electron chi connectivity index (χ3n) is 4.31. The monoisotopic (exact) mass is 305 g/mol. The Balaban J connectivity index is 1.97. The summed E-state index contributed by atoms with van der Waals surface area (Å²) in [6.45, 7) is 1.68. The van der Waals surface area contributed by atoms with Crippen molar-refractivity contribution in [2.75, 3.05) is 40.3 Å². The van der Waals surface area contributed by atoms with Gasteiger partial charge in [0, 0.05) is 32.2 Å². The first-order chi connectivity index (χ1) is 9.32. The molecule has 1 atom stereocenters. The summed E-state index contributed by atoms with van der Waals surface area (Å²) in [5.74, 6) is -1.23. The normalized spacial score (nSPS) is 27.2. The first-order valence-corrected chi connectivity index (χ1v) is 8.36.